The second-order valence-corrected chi connectivity index (χ2v) is 8.24. The Morgan fingerprint density at radius 1 is 1.27 bits per heavy atom. The van der Waals surface area contributed by atoms with Gasteiger partial charge in [0.2, 0.25) is 5.91 Å². The molecule has 0 radical (unpaired) electrons. The first-order valence-corrected chi connectivity index (χ1v) is 9.29. The predicted octanol–water partition coefficient (Wildman–Crippen LogP) is 2.84. The molecular formula is C19H27ClFN3O2. The van der Waals surface area contributed by atoms with Crippen LogP contribution in [0.25, 0.3) is 0 Å². The van der Waals surface area contributed by atoms with E-state index in [0.717, 1.165) is 25.9 Å². The Morgan fingerprint density at radius 2 is 1.92 bits per heavy atom. The van der Waals surface area contributed by atoms with Crippen molar-refractivity contribution in [3.63, 3.8) is 0 Å². The van der Waals surface area contributed by atoms with Crippen molar-refractivity contribution in [3.8, 4) is 0 Å². The Labute approximate surface area is 159 Å². The van der Waals surface area contributed by atoms with E-state index in [-0.39, 0.29) is 22.0 Å². The van der Waals surface area contributed by atoms with Gasteiger partial charge in [0.05, 0.1) is 17.1 Å². The maximum Gasteiger partial charge on any atom is 0.254 e. The molecule has 2 N–H and O–H groups in total. The predicted molar refractivity (Wildman–Crippen MR) is 101 cm³/mol. The molecule has 1 aliphatic heterocycles. The number of carbonyl (C=O) groups excluding carboxylic acids is 2. The number of nitrogens with one attached hydrogen (secondary N) is 2. The van der Waals surface area contributed by atoms with Crippen LogP contribution in [0.1, 0.15) is 44.0 Å². The molecule has 5 nitrogen and oxygen atoms in total. The lowest BCUT2D eigenvalue weighted by Crippen LogP contribution is -2.48. The van der Waals surface area contributed by atoms with Gasteiger partial charge in [0.15, 0.2) is 5.82 Å². The van der Waals surface area contributed by atoms with Crippen molar-refractivity contribution in [2.24, 2.45) is 5.92 Å². The molecule has 0 spiro atoms. The number of halogens is 2. The zero-order valence-corrected chi connectivity index (χ0v) is 16.3. The van der Waals surface area contributed by atoms with E-state index in [9.17, 15) is 14.0 Å². The molecule has 0 aromatic heterocycles. The van der Waals surface area contributed by atoms with Gasteiger partial charge in [-0.3, -0.25) is 14.5 Å². The zero-order chi connectivity index (χ0) is 19.3. The number of carbonyl (C=O) groups is 2. The lowest BCUT2D eigenvalue weighted by Gasteiger charge is -2.32. The quantitative estimate of drug-likeness (QED) is 0.821. The number of nitrogens with zero attached hydrogens (tertiary/aromatic N) is 1. The molecular weight excluding hydrogens is 357 g/mol. The molecule has 0 bridgehead atoms. The summed E-state index contributed by atoms with van der Waals surface area (Å²) in [7, 11) is 0. The van der Waals surface area contributed by atoms with E-state index in [4.69, 9.17) is 11.6 Å². The maximum atomic E-state index is 13.9. The van der Waals surface area contributed by atoms with Gasteiger partial charge in [-0.05, 0) is 64.8 Å². The molecule has 1 saturated heterocycles. The molecule has 2 amide bonds. The van der Waals surface area contributed by atoms with Crippen LogP contribution in [-0.4, -0.2) is 48.4 Å². The Bertz CT molecular complexity index is 653. The van der Waals surface area contributed by atoms with E-state index in [2.05, 4.69) is 15.5 Å². The van der Waals surface area contributed by atoms with Crippen molar-refractivity contribution >= 4 is 23.4 Å². The highest BCUT2D eigenvalue weighted by Crippen LogP contribution is 2.19. The summed E-state index contributed by atoms with van der Waals surface area (Å²) in [4.78, 5) is 26.2. The van der Waals surface area contributed by atoms with Crippen molar-refractivity contribution in [1.29, 1.82) is 0 Å². The van der Waals surface area contributed by atoms with Crippen LogP contribution < -0.4 is 10.6 Å². The first-order chi connectivity index (χ1) is 12.2. The van der Waals surface area contributed by atoms with Crippen LogP contribution in [0.2, 0.25) is 5.02 Å². The second kappa shape index (κ2) is 8.82. The molecule has 0 atom stereocenters. The van der Waals surface area contributed by atoms with Crippen LogP contribution in [0, 0.1) is 11.7 Å². The third-order valence-electron chi connectivity index (χ3n) is 4.34. The van der Waals surface area contributed by atoms with Gasteiger partial charge in [0, 0.05) is 12.1 Å². The SMILES string of the molecule is CC(C)(C)NC(=O)CN1CCC(CNC(=O)c2cccc(Cl)c2F)CC1. The number of hydrogen-bond acceptors (Lipinski definition) is 3. The maximum absolute atomic E-state index is 13.9. The van der Waals surface area contributed by atoms with Gasteiger partial charge in [0.25, 0.3) is 5.91 Å². The van der Waals surface area contributed by atoms with E-state index < -0.39 is 11.7 Å². The largest absolute Gasteiger partial charge is 0.352 e. The summed E-state index contributed by atoms with van der Waals surface area (Å²) >= 11 is 5.71. The molecule has 144 valence electrons. The van der Waals surface area contributed by atoms with Crippen molar-refractivity contribution in [1.82, 2.24) is 15.5 Å². The second-order valence-electron chi connectivity index (χ2n) is 7.83. The summed E-state index contributed by atoms with van der Waals surface area (Å²) in [6.45, 7) is 8.39. The van der Waals surface area contributed by atoms with Gasteiger partial charge in [-0.2, -0.15) is 0 Å². The molecule has 0 unspecified atom stereocenters. The fraction of sp³-hybridized carbons (Fsp3) is 0.579. The normalized spacial score (nSPS) is 16.3. The summed E-state index contributed by atoms with van der Waals surface area (Å²) in [5, 5.41) is 5.69. The van der Waals surface area contributed by atoms with Crippen molar-refractivity contribution in [2.45, 2.75) is 39.2 Å². The van der Waals surface area contributed by atoms with Gasteiger partial charge in [-0.15, -0.1) is 0 Å². The van der Waals surface area contributed by atoms with E-state index in [1.807, 2.05) is 20.8 Å². The highest BCUT2D eigenvalue weighted by Gasteiger charge is 2.23. The molecule has 1 aromatic carbocycles. The first-order valence-electron chi connectivity index (χ1n) is 8.91. The number of amides is 2. The van der Waals surface area contributed by atoms with E-state index in [0.29, 0.717) is 19.0 Å². The van der Waals surface area contributed by atoms with Crippen molar-refractivity contribution in [3.05, 3.63) is 34.6 Å². The number of hydrogen-bond donors (Lipinski definition) is 2. The molecule has 1 aromatic rings. The first kappa shape index (κ1) is 20.6. The zero-order valence-electron chi connectivity index (χ0n) is 15.6. The third kappa shape index (κ3) is 6.25. The highest BCUT2D eigenvalue weighted by molar-refractivity contribution is 6.31. The van der Waals surface area contributed by atoms with Gasteiger partial charge < -0.3 is 10.6 Å². The van der Waals surface area contributed by atoms with Gasteiger partial charge in [0.1, 0.15) is 0 Å². The van der Waals surface area contributed by atoms with Crippen molar-refractivity contribution in [2.75, 3.05) is 26.2 Å². The highest BCUT2D eigenvalue weighted by atomic mass is 35.5. The van der Waals surface area contributed by atoms with Crippen LogP contribution >= 0.6 is 11.6 Å². The van der Waals surface area contributed by atoms with Crippen LogP contribution in [0.3, 0.4) is 0 Å². The average Bonchev–Trinajstić information content (AvgIpc) is 2.54. The summed E-state index contributed by atoms with van der Waals surface area (Å²) in [5.41, 5.74) is -0.260. The lowest BCUT2D eigenvalue weighted by molar-refractivity contribution is -0.124. The molecule has 1 heterocycles. The van der Waals surface area contributed by atoms with E-state index >= 15 is 0 Å². The van der Waals surface area contributed by atoms with Gasteiger partial charge in [-0.25, -0.2) is 4.39 Å². The monoisotopic (exact) mass is 383 g/mol. The van der Waals surface area contributed by atoms with E-state index in [1.165, 1.54) is 12.1 Å². The topological polar surface area (TPSA) is 61.4 Å². The number of benzene rings is 1. The van der Waals surface area contributed by atoms with Gasteiger partial charge in [-0.1, -0.05) is 17.7 Å². The molecule has 0 aliphatic carbocycles. The Balaban J connectivity index is 1.74. The summed E-state index contributed by atoms with van der Waals surface area (Å²) < 4.78 is 13.9. The minimum atomic E-state index is -0.689. The van der Waals surface area contributed by atoms with Crippen LogP contribution in [0.4, 0.5) is 4.39 Å². The van der Waals surface area contributed by atoms with Crippen molar-refractivity contribution < 1.29 is 14.0 Å². The standard InChI is InChI=1S/C19H27ClFN3O2/c1-19(2,3)23-16(25)12-24-9-7-13(8-10-24)11-22-18(26)14-5-4-6-15(20)17(14)21/h4-6,13H,7-12H2,1-3H3,(H,22,26)(H,23,25). The molecule has 1 fully saturated rings. The summed E-state index contributed by atoms with van der Waals surface area (Å²) in [5.74, 6) is -0.785. The number of rotatable bonds is 5. The van der Waals surface area contributed by atoms with Crippen LogP contribution in [-0.2, 0) is 4.79 Å². The summed E-state index contributed by atoms with van der Waals surface area (Å²) in [6, 6.07) is 4.40. The molecule has 7 heteroatoms. The van der Waals surface area contributed by atoms with Crippen LogP contribution in [0.5, 0.6) is 0 Å². The Hall–Kier alpha value is -1.66. The Morgan fingerprint density at radius 3 is 2.54 bits per heavy atom. The summed E-state index contributed by atoms with van der Waals surface area (Å²) in [6.07, 6.45) is 1.78. The van der Waals surface area contributed by atoms with Gasteiger partial charge >= 0.3 is 0 Å². The Kier molecular flexibility index (Phi) is 7.01. The molecule has 26 heavy (non-hydrogen) atoms. The fourth-order valence-corrected chi connectivity index (χ4v) is 3.20. The number of likely N-dealkylation sites (tertiary alicyclic amines) is 1. The molecule has 0 saturated carbocycles. The smallest absolute Gasteiger partial charge is 0.254 e. The van der Waals surface area contributed by atoms with E-state index in [1.54, 1.807) is 6.07 Å². The fourth-order valence-electron chi connectivity index (χ4n) is 3.02. The third-order valence-corrected chi connectivity index (χ3v) is 4.63. The lowest BCUT2D eigenvalue weighted by atomic mass is 9.96. The number of piperidine rings is 1. The minimum Gasteiger partial charge on any atom is -0.352 e. The molecule has 2 rings (SSSR count). The average molecular weight is 384 g/mol. The minimum absolute atomic E-state index is 0.0284. The molecule has 1 aliphatic rings. The van der Waals surface area contributed by atoms with Crippen LogP contribution in [0.15, 0.2) is 18.2 Å².